The highest BCUT2D eigenvalue weighted by molar-refractivity contribution is 7.88. The van der Waals surface area contributed by atoms with Gasteiger partial charge in [-0.05, 0) is 49.6 Å². The van der Waals surface area contributed by atoms with Crippen molar-refractivity contribution in [2.24, 2.45) is 0 Å². The average molecular weight is 411 g/mol. The first kappa shape index (κ1) is 22.2. The zero-order chi connectivity index (χ0) is 19.0. The lowest BCUT2D eigenvalue weighted by Gasteiger charge is -2.28. The molecule has 0 amide bonds. The fourth-order valence-corrected chi connectivity index (χ4v) is 8.14. The van der Waals surface area contributed by atoms with E-state index in [0.717, 1.165) is 37.1 Å². The first-order chi connectivity index (χ1) is 13.3. The van der Waals surface area contributed by atoms with Crippen molar-refractivity contribution in [3.8, 4) is 5.75 Å². The van der Waals surface area contributed by atoms with Crippen LogP contribution in [0, 0.1) is 0 Å². The molecule has 0 fully saturated rings. The highest BCUT2D eigenvalue weighted by Crippen LogP contribution is 2.60. The smallest absolute Gasteiger partial charge is 0.122 e. The molecule has 0 atom stereocenters. The Hall–Kier alpha value is -2.08. The van der Waals surface area contributed by atoms with Crippen LogP contribution in [0.1, 0.15) is 24.8 Å². The van der Waals surface area contributed by atoms with Gasteiger partial charge in [-0.2, -0.15) is 0 Å². The molecule has 0 heterocycles. The van der Waals surface area contributed by atoms with Crippen molar-refractivity contribution in [1.82, 2.24) is 0 Å². The molecule has 0 unspecified atom stereocenters. The normalized spacial score (nSPS) is 10.9. The van der Waals surface area contributed by atoms with Crippen LogP contribution in [0.15, 0.2) is 97.6 Å². The van der Waals surface area contributed by atoms with E-state index >= 15 is 0 Å². The second kappa shape index (κ2) is 11.1. The Morgan fingerprint density at radius 2 is 1.29 bits per heavy atom. The van der Waals surface area contributed by atoms with E-state index in [1.165, 1.54) is 10.6 Å². The van der Waals surface area contributed by atoms with Gasteiger partial charge in [-0.15, -0.1) is 6.58 Å². The van der Waals surface area contributed by atoms with Crippen molar-refractivity contribution < 1.29 is 17.5 Å². The number of aromatic hydroxyl groups is 1. The van der Waals surface area contributed by atoms with Crippen molar-refractivity contribution in [2.45, 2.75) is 25.4 Å². The van der Waals surface area contributed by atoms with Gasteiger partial charge in [0.05, 0.1) is 30.2 Å². The van der Waals surface area contributed by atoms with E-state index in [-0.39, 0.29) is 12.4 Å². The molecule has 0 saturated heterocycles. The zero-order valence-corrected chi connectivity index (χ0v) is 17.8. The van der Waals surface area contributed by atoms with E-state index in [2.05, 4.69) is 73.3 Å². The van der Waals surface area contributed by atoms with Crippen LogP contribution in [-0.2, 0) is 6.16 Å². The molecule has 0 aliphatic carbocycles. The third-order valence-corrected chi connectivity index (χ3v) is 9.66. The van der Waals surface area contributed by atoms with Crippen LogP contribution in [0.5, 0.6) is 5.75 Å². The van der Waals surface area contributed by atoms with Crippen molar-refractivity contribution in [3.63, 3.8) is 0 Å². The molecule has 0 aromatic heterocycles. The zero-order valence-electron chi connectivity index (χ0n) is 16.2. The summed E-state index contributed by atoms with van der Waals surface area (Å²) in [6, 6.07) is 29.6. The van der Waals surface area contributed by atoms with E-state index in [1.54, 1.807) is 6.07 Å². The summed E-state index contributed by atoms with van der Waals surface area (Å²) in [5.74, 6) is 0.403. The number of benzene rings is 3. The number of hydrogen-bond acceptors (Lipinski definition) is 1. The topological polar surface area (TPSA) is 20.2 Å². The number of para-hydroxylation sites is 1. The lowest BCUT2D eigenvalue weighted by Crippen LogP contribution is -3.00. The molecule has 0 spiro atoms. The van der Waals surface area contributed by atoms with Crippen molar-refractivity contribution >= 4 is 17.9 Å². The largest absolute Gasteiger partial charge is 1.00 e. The summed E-state index contributed by atoms with van der Waals surface area (Å²) < 4.78 is 0. The van der Waals surface area contributed by atoms with Gasteiger partial charge in [0.1, 0.15) is 5.75 Å². The van der Waals surface area contributed by atoms with E-state index in [4.69, 9.17) is 0 Å². The lowest BCUT2D eigenvalue weighted by atomic mass is 10.2. The predicted octanol–water partition coefficient (Wildman–Crippen LogP) is 2.92. The molecule has 0 saturated carbocycles. The minimum Gasteiger partial charge on any atom is -1.00 e. The minimum absolute atomic E-state index is 0. The van der Waals surface area contributed by atoms with Gasteiger partial charge in [-0.1, -0.05) is 60.7 Å². The van der Waals surface area contributed by atoms with Gasteiger partial charge in [0.2, 0.25) is 0 Å². The van der Waals surface area contributed by atoms with Crippen LogP contribution in [0.25, 0.3) is 0 Å². The van der Waals surface area contributed by atoms with E-state index in [0.29, 0.717) is 5.75 Å². The van der Waals surface area contributed by atoms with E-state index in [9.17, 15) is 5.11 Å². The SMILES string of the molecule is C=CCCCC[P+](Cc1ccccc1O)(c1ccccc1)c1ccccc1.[Cl-]. The Bertz CT molecular complexity index is 809. The molecule has 1 N–H and O–H groups in total. The summed E-state index contributed by atoms with van der Waals surface area (Å²) in [4.78, 5) is 0. The van der Waals surface area contributed by atoms with E-state index in [1.807, 2.05) is 18.2 Å². The van der Waals surface area contributed by atoms with Crippen LogP contribution < -0.4 is 23.0 Å². The van der Waals surface area contributed by atoms with Crippen molar-refractivity contribution in [3.05, 3.63) is 103 Å². The molecule has 3 aromatic rings. The molecule has 0 radical (unpaired) electrons. The Morgan fingerprint density at radius 3 is 1.82 bits per heavy atom. The molecule has 3 aromatic carbocycles. The molecule has 28 heavy (non-hydrogen) atoms. The number of rotatable bonds is 9. The Balaban J connectivity index is 0.00000280. The second-order valence-corrected chi connectivity index (χ2v) is 10.7. The lowest BCUT2D eigenvalue weighted by molar-refractivity contribution is -0.00000638. The number of allylic oxidation sites excluding steroid dienone is 1. The summed E-state index contributed by atoms with van der Waals surface area (Å²) in [7, 11) is -1.68. The summed E-state index contributed by atoms with van der Waals surface area (Å²) in [6.45, 7) is 3.87. The Labute approximate surface area is 175 Å². The maximum Gasteiger partial charge on any atom is 0.122 e. The van der Waals surface area contributed by atoms with Gasteiger partial charge in [0.25, 0.3) is 0 Å². The average Bonchev–Trinajstić information content (AvgIpc) is 2.73. The maximum absolute atomic E-state index is 10.5. The standard InChI is InChI=1S/C25H27OP.ClH/c1-2-3-4-13-20-27(23-15-7-5-8-16-23,24-17-9-6-10-18-24)21-22-14-11-12-19-25(22)26;/h2,5-12,14-19H,1,3-4,13,20-21H2;1H. The van der Waals surface area contributed by atoms with Crippen LogP contribution in [0.3, 0.4) is 0 Å². The number of hydrogen-bond donors (Lipinski definition) is 1. The van der Waals surface area contributed by atoms with Crippen LogP contribution in [0.4, 0.5) is 0 Å². The van der Waals surface area contributed by atoms with Crippen molar-refractivity contribution in [1.29, 1.82) is 0 Å². The summed E-state index contributed by atoms with van der Waals surface area (Å²) in [5, 5.41) is 13.3. The fraction of sp³-hybridized carbons (Fsp3) is 0.200. The number of unbranched alkanes of at least 4 members (excludes halogenated alkanes) is 2. The number of halogens is 1. The van der Waals surface area contributed by atoms with Crippen molar-refractivity contribution in [2.75, 3.05) is 6.16 Å². The minimum atomic E-state index is -1.68. The molecule has 3 rings (SSSR count). The Kier molecular flexibility index (Phi) is 8.77. The molecule has 0 aliphatic heterocycles. The van der Waals surface area contributed by atoms with Gasteiger partial charge >= 0.3 is 0 Å². The van der Waals surface area contributed by atoms with Gasteiger partial charge in [-0.3, -0.25) is 0 Å². The second-order valence-electron chi connectivity index (χ2n) is 6.93. The van der Waals surface area contributed by atoms with Gasteiger partial charge < -0.3 is 17.5 Å². The first-order valence-electron chi connectivity index (χ1n) is 9.62. The van der Waals surface area contributed by atoms with Gasteiger partial charge in [-0.25, -0.2) is 0 Å². The maximum atomic E-state index is 10.5. The summed E-state index contributed by atoms with van der Waals surface area (Å²) in [6.07, 6.45) is 7.42. The monoisotopic (exact) mass is 410 g/mol. The number of phenols is 1. The molecular weight excluding hydrogens is 383 g/mol. The Morgan fingerprint density at radius 1 is 0.750 bits per heavy atom. The highest BCUT2D eigenvalue weighted by atomic mass is 35.5. The van der Waals surface area contributed by atoms with Gasteiger partial charge in [0.15, 0.2) is 0 Å². The van der Waals surface area contributed by atoms with Crippen LogP contribution in [-0.4, -0.2) is 11.3 Å². The third kappa shape index (κ3) is 5.25. The fourth-order valence-electron chi connectivity index (χ4n) is 3.70. The molecule has 3 heteroatoms. The molecular formula is C25H28ClOP. The predicted molar refractivity (Wildman–Crippen MR) is 120 cm³/mol. The summed E-state index contributed by atoms with van der Waals surface area (Å²) in [5.41, 5.74) is 1.04. The van der Waals surface area contributed by atoms with Gasteiger partial charge in [0, 0.05) is 5.56 Å². The molecule has 0 bridgehead atoms. The highest BCUT2D eigenvalue weighted by Gasteiger charge is 2.42. The summed E-state index contributed by atoms with van der Waals surface area (Å²) >= 11 is 0. The van der Waals surface area contributed by atoms with E-state index < -0.39 is 7.26 Å². The molecule has 0 aliphatic rings. The molecule has 1 nitrogen and oxygen atoms in total. The quantitative estimate of drug-likeness (QED) is 0.327. The van der Waals surface area contributed by atoms with Crippen LogP contribution >= 0.6 is 7.26 Å². The molecule has 146 valence electrons. The third-order valence-electron chi connectivity index (χ3n) is 5.13. The first-order valence-corrected chi connectivity index (χ1v) is 11.8. The van der Waals surface area contributed by atoms with Crippen LogP contribution in [0.2, 0.25) is 0 Å². The number of phenolic OH excluding ortho intramolecular Hbond substituents is 1.